The molecule has 1 aromatic heterocycles. The topological polar surface area (TPSA) is 16.4 Å². The van der Waals surface area contributed by atoms with Crippen LogP contribution in [0.2, 0.25) is 0 Å². The highest BCUT2D eigenvalue weighted by atomic mass is 16.3. The van der Waals surface area contributed by atoms with Crippen LogP contribution in [0.1, 0.15) is 22.3 Å². The molecule has 0 saturated heterocycles. The van der Waals surface area contributed by atoms with Gasteiger partial charge in [-0.2, -0.15) is 0 Å². The number of anilines is 3. The van der Waals surface area contributed by atoms with Crippen molar-refractivity contribution >= 4 is 39.0 Å². The molecule has 0 saturated carbocycles. The Hall–Kier alpha value is -8.20. The second-order valence-corrected chi connectivity index (χ2v) is 16.8. The first kappa shape index (κ1) is 35.5. The van der Waals surface area contributed by atoms with Gasteiger partial charge in [0.25, 0.3) is 0 Å². The van der Waals surface area contributed by atoms with Gasteiger partial charge in [-0.15, -0.1) is 0 Å². The molecule has 294 valence electrons. The van der Waals surface area contributed by atoms with E-state index in [2.05, 4.69) is 229 Å². The van der Waals surface area contributed by atoms with Crippen molar-refractivity contribution < 1.29 is 4.42 Å². The fourth-order valence-electron chi connectivity index (χ4n) is 10.7. The number of furan rings is 1. The minimum atomic E-state index is -0.446. The van der Waals surface area contributed by atoms with Gasteiger partial charge in [-0.05, 0) is 115 Å². The zero-order chi connectivity index (χ0) is 41.5. The van der Waals surface area contributed by atoms with Crippen LogP contribution >= 0.6 is 0 Å². The number of fused-ring (bicyclic) bond motifs is 13. The predicted molar refractivity (Wildman–Crippen MR) is 261 cm³/mol. The van der Waals surface area contributed by atoms with Crippen LogP contribution in [0.5, 0.6) is 0 Å². The minimum absolute atomic E-state index is 0.446. The fourth-order valence-corrected chi connectivity index (χ4v) is 10.7. The Morgan fingerprint density at radius 2 is 0.762 bits per heavy atom. The van der Waals surface area contributed by atoms with Crippen LogP contribution in [0.4, 0.5) is 17.1 Å². The van der Waals surface area contributed by atoms with Crippen molar-refractivity contribution in [2.75, 3.05) is 4.90 Å². The summed E-state index contributed by atoms with van der Waals surface area (Å²) in [6.07, 6.45) is 0. The highest BCUT2D eigenvalue weighted by molar-refractivity contribution is 6.09. The Balaban J connectivity index is 0.990. The summed E-state index contributed by atoms with van der Waals surface area (Å²) in [5, 5.41) is 2.27. The van der Waals surface area contributed by atoms with Crippen molar-refractivity contribution in [3.63, 3.8) is 0 Å². The minimum Gasteiger partial charge on any atom is -0.455 e. The second-order valence-electron chi connectivity index (χ2n) is 16.8. The molecule has 1 heterocycles. The lowest BCUT2D eigenvalue weighted by atomic mass is 9.70. The summed E-state index contributed by atoms with van der Waals surface area (Å²) in [7, 11) is 0. The molecule has 0 aliphatic heterocycles. The van der Waals surface area contributed by atoms with Crippen molar-refractivity contribution in [3.8, 4) is 55.6 Å². The van der Waals surface area contributed by atoms with Crippen molar-refractivity contribution in [1.82, 2.24) is 0 Å². The first-order valence-corrected chi connectivity index (χ1v) is 21.7. The van der Waals surface area contributed by atoms with Crippen LogP contribution in [0, 0.1) is 0 Å². The SMILES string of the molecule is c1ccc(-c2ccc(-c3cccc(N(c4ccc(-c5cccc6c5oc5ccccc56)cc4)c4ccc5c(c4)C4(c6ccccc6-c6ccccc64)c4ccccc4-5)c3)cc2)cc1. The van der Waals surface area contributed by atoms with Gasteiger partial charge in [0.15, 0.2) is 0 Å². The number of benzene rings is 10. The molecule has 0 amide bonds. The Bertz CT molecular complexity index is 3500. The summed E-state index contributed by atoms with van der Waals surface area (Å²) in [4.78, 5) is 2.43. The van der Waals surface area contributed by atoms with Gasteiger partial charge in [-0.3, -0.25) is 0 Å². The maximum atomic E-state index is 6.50. The smallest absolute Gasteiger partial charge is 0.143 e. The zero-order valence-corrected chi connectivity index (χ0v) is 34.4. The Labute approximate surface area is 366 Å². The molecule has 2 heteroatoms. The lowest BCUT2D eigenvalue weighted by Crippen LogP contribution is -2.26. The molecule has 0 bridgehead atoms. The maximum Gasteiger partial charge on any atom is 0.143 e. The van der Waals surface area contributed by atoms with Crippen LogP contribution in [0.25, 0.3) is 77.6 Å². The van der Waals surface area contributed by atoms with Gasteiger partial charge in [0, 0.05) is 33.4 Å². The van der Waals surface area contributed by atoms with Gasteiger partial charge in [0.2, 0.25) is 0 Å². The Morgan fingerprint density at radius 3 is 1.46 bits per heavy atom. The van der Waals surface area contributed by atoms with E-state index in [0.717, 1.165) is 55.7 Å². The van der Waals surface area contributed by atoms with E-state index in [1.807, 2.05) is 12.1 Å². The van der Waals surface area contributed by atoms with Gasteiger partial charge >= 0.3 is 0 Å². The zero-order valence-electron chi connectivity index (χ0n) is 34.4. The van der Waals surface area contributed by atoms with Crippen molar-refractivity contribution in [2.45, 2.75) is 5.41 Å². The summed E-state index contributed by atoms with van der Waals surface area (Å²) < 4.78 is 6.50. The highest BCUT2D eigenvalue weighted by Gasteiger charge is 2.51. The Kier molecular flexibility index (Phi) is 7.85. The third-order valence-corrected chi connectivity index (χ3v) is 13.5. The van der Waals surface area contributed by atoms with Crippen LogP contribution in [-0.4, -0.2) is 0 Å². The molecule has 2 nitrogen and oxygen atoms in total. The number of rotatable bonds is 6. The fraction of sp³-hybridized carbons (Fsp3) is 0.0164. The van der Waals surface area contributed by atoms with Gasteiger partial charge in [-0.1, -0.05) is 194 Å². The molecular weight excluding hydrogens is 763 g/mol. The standard InChI is InChI=1S/C61H39NO/c1-2-14-40(15-3-1)41-28-30-42(31-29-41)44-16-12-17-46(38-44)62(45-34-32-43(33-35-45)48-22-13-23-54-53-21-7-11-27-59(53)63-60(48)54)47-36-37-52-51-20-6-10-26-57(51)61(58(52)39-47)55-24-8-4-18-49(55)50-19-5-9-25-56(50)61/h1-39H. The normalized spacial score (nSPS) is 12.9. The molecule has 2 aliphatic carbocycles. The monoisotopic (exact) mass is 801 g/mol. The maximum absolute atomic E-state index is 6.50. The highest BCUT2D eigenvalue weighted by Crippen LogP contribution is 2.63. The van der Waals surface area contributed by atoms with Crippen LogP contribution in [0.3, 0.4) is 0 Å². The lowest BCUT2D eigenvalue weighted by molar-refractivity contribution is 0.670. The molecule has 0 N–H and O–H groups in total. The largest absolute Gasteiger partial charge is 0.455 e. The third-order valence-electron chi connectivity index (χ3n) is 13.5. The van der Waals surface area contributed by atoms with E-state index in [1.165, 1.54) is 61.2 Å². The number of hydrogen-bond donors (Lipinski definition) is 0. The quantitative estimate of drug-likeness (QED) is 0.167. The average molecular weight is 802 g/mol. The van der Waals surface area contributed by atoms with E-state index in [9.17, 15) is 0 Å². The number of para-hydroxylation sites is 2. The molecule has 0 unspecified atom stereocenters. The summed E-state index contributed by atoms with van der Waals surface area (Å²) in [6.45, 7) is 0. The van der Waals surface area contributed by atoms with Crippen molar-refractivity contribution in [1.29, 1.82) is 0 Å². The third kappa shape index (κ3) is 5.32. The molecule has 10 aromatic carbocycles. The first-order chi connectivity index (χ1) is 31.2. The van der Waals surface area contributed by atoms with Crippen LogP contribution < -0.4 is 4.90 Å². The average Bonchev–Trinajstić information content (AvgIpc) is 3.99. The van der Waals surface area contributed by atoms with E-state index >= 15 is 0 Å². The molecule has 0 radical (unpaired) electrons. The van der Waals surface area contributed by atoms with E-state index in [4.69, 9.17) is 4.42 Å². The molecule has 2 aliphatic rings. The van der Waals surface area contributed by atoms with E-state index < -0.39 is 5.41 Å². The summed E-state index contributed by atoms with van der Waals surface area (Å²) in [5.41, 5.74) is 22.1. The van der Waals surface area contributed by atoms with Crippen molar-refractivity contribution in [2.24, 2.45) is 0 Å². The molecular formula is C61H39NO. The van der Waals surface area contributed by atoms with Gasteiger partial charge in [0.05, 0.1) is 5.41 Å². The van der Waals surface area contributed by atoms with Gasteiger partial charge in [0.1, 0.15) is 11.2 Å². The van der Waals surface area contributed by atoms with E-state index in [-0.39, 0.29) is 0 Å². The molecule has 63 heavy (non-hydrogen) atoms. The van der Waals surface area contributed by atoms with Crippen molar-refractivity contribution in [3.05, 3.63) is 259 Å². The number of hydrogen-bond acceptors (Lipinski definition) is 2. The number of nitrogens with zero attached hydrogens (tertiary/aromatic N) is 1. The molecule has 1 spiro atoms. The van der Waals surface area contributed by atoms with Crippen LogP contribution in [-0.2, 0) is 5.41 Å². The van der Waals surface area contributed by atoms with Gasteiger partial charge in [-0.25, -0.2) is 0 Å². The summed E-state index contributed by atoms with van der Waals surface area (Å²) in [6, 6.07) is 86.5. The molecule has 0 fully saturated rings. The molecule has 0 atom stereocenters. The Morgan fingerprint density at radius 1 is 0.286 bits per heavy atom. The molecule has 11 aromatic rings. The van der Waals surface area contributed by atoms with E-state index in [0.29, 0.717) is 0 Å². The summed E-state index contributed by atoms with van der Waals surface area (Å²) >= 11 is 0. The van der Waals surface area contributed by atoms with Crippen LogP contribution in [0.15, 0.2) is 241 Å². The molecule has 13 rings (SSSR count). The predicted octanol–water partition coefficient (Wildman–Crippen LogP) is 16.4. The van der Waals surface area contributed by atoms with E-state index in [1.54, 1.807) is 0 Å². The van der Waals surface area contributed by atoms with Gasteiger partial charge < -0.3 is 9.32 Å². The summed E-state index contributed by atoms with van der Waals surface area (Å²) in [5.74, 6) is 0. The lowest BCUT2D eigenvalue weighted by Gasteiger charge is -2.32. The first-order valence-electron chi connectivity index (χ1n) is 21.7. The second kappa shape index (κ2) is 13.9.